The number of H-pyrrole nitrogens is 1. The molecular formula is C23H26N4O2. The molecule has 6 nitrogen and oxygen atoms in total. The zero-order valence-corrected chi connectivity index (χ0v) is 17.0. The minimum absolute atomic E-state index is 0.000926. The van der Waals surface area contributed by atoms with Gasteiger partial charge in [-0.25, -0.2) is 0 Å². The fourth-order valence-corrected chi connectivity index (χ4v) is 3.72. The van der Waals surface area contributed by atoms with E-state index in [1.54, 1.807) is 7.11 Å². The molecule has 1 aliphatic rings. The lowest BCUT2D eigenvalue weighted by molar-refractivity contribution is 0.0939. The number of ether oxygens (including phenoxy) is 1. The van der Waals surface area contributed by atoms with Crippen LogP contribution in [0.1, 0.15) is 27.9 Å². The van der Waals surface area contributed by atoms with Crippen LogP contribution in [0.25, 0.3) is 11.3 Å². The lowest BCUT2D eigenvalue weighted by Crippen LogP contribution is -2.37. The second-order valence-corrected chi connectivity index (χ2v) is 7.59. The normalized spacial score (nSPS) is 16.1. The van der Waals surface area contributed by atoms with Crippen molar-refractivity contribution in [2.45, 2.75) is 26.3 Å². The summed E-state index contributed by atoms with van der Waals surface area (Å²) in [6.45, 7) is 5.60. The van der Waals surface area contributed by atoms with Crippen molar-refractivity contribution >= 4 is 11.7 Å². The molecule has 1 amide bonds. The number of carbonyl (C=O) groups excluding carboxylic acids is 1. The molecule has 0 saturated carbocycles. The molecule has 1 aromatic heterocycles. The largest absolute Gasteiger partial charge is 0.497 e. The highest BCUT2D eigenvalue weighted by Gasteiger charge is 2.26. The topological polar surface area (TPSA) is 70.2 Å². The van der Waals surface area contributed by atoms with Gasteiger partial charge in [-0.15, -0.1) is 0 Å². The number of aryl methyl sites for hydroxylation is 2. The summed E-state index contributed by atoms with van der Waals surface area (Å²) in [7, 11) is 1.66. The highest BCUT2D eigenvalue weighted by molar-refractivity contribution is 5.96. The lowest BCUT2D eigenvalue weighted by Gasteiger charge is -2.16. The SMILES string of the molecule is COc1ccc(-c2cc(N3CCC(NC(=O)c4cc(C)ccc4C)C3)n[nH]2)cc1. The van der Waals surface area contributed by atoms with E-state index in [0.29, 0.717) is 0 Å². The number of methoxy groups -OCH3 is 1. The van der Waals surface area contributed by atoms with Crippen LogP contribution in [0, 0.1) is 13.8 Å². The first-order chi connectivity index (χ1) is 14.0. The maximum Gasteiger partial charge on any atom is 0.251 e. The molecular weight excluding hydrogens is 364 g/mol. The molecule has 1 fully saturated rings. The lowest BCUT2D eigenvalue weighted by atomic mass is 10.0. The minimum Gasteiger partial charge on any atom is -0.497 e. The summed E-state index contributed by atoms with van der Waals surface area (Å²) in [6.07, 6.45) is 0.904. The monoisotopic (exact) mass is 390 g/mol. The Morgan fingerprint density at radius 2 is 1.97 bits per heavy atom. The summed E-state index contributed by atoms with van der Waals surface area (Å²) >= 11 is 0. The predicted molar refractivity (Wildman–Crippen MR) is 115 cm³/mol. The fraction of sp³-hybridized carbons (Fsp3) is 0.304. The van der Waals surface area contributed by atoms with Gasteiger partial charge in [-0.1, -0.05) is 17.7 Å². The number of aromatic amines is 1. The van der Waals surface area contributed by atoms with Gasteiger partial charge in [0.25, 0.3) is 5.91 Å². The quantitative estimate of drug-likeness (QED) is 0.697. The molecule has 0 aliphatic carbocycles. The van der Waals surface area contributed by atoms with Crippen LogP contribution in [-0.4, -0.2) is 42.3 Å². The first-order valence-corrected chi connectivity index (χ1v) is 9.86. The number of benzene rings is 2. The van der Waals surface area contributed by atoms with E-state index in [0.717, 1.165) is 59.0 Å². The summed E-state index contributed by atoms with van der Waals surface area (Å²) in [4.78, 5) is 14.9. The molecule has 2 aromatic carbocycles. The Morgan fingerprint density at radius 1 is 1.17 bits per heavy atom. The summed E-state index contributed by atoms with van der Waals surface area (Å²) in [6, 6.07) is 16.0. The summed E-state index contributed by atoms with van der Waals surface area (Å²) in [5.74, 6) is 1.73. The van der Waals surface area contributed by atoms with Crippen molar-refractivity contribution in [3.63, 3.8) is 0 Å². The molecule has 1 aliphatic heterocycles. The van der Waals surface area contributed by atoms with E-state index in [1.165, 1.54) is 0 Å². The number of rotatable bonds is 5. The molecule has 6 heteroatoms. The number of hydrogen-bond acceptors (Lipinski definition) is 4. The predicted octanol–water partition coefficient (Wildman–Crippen LogP) is 3.71. The van der Waals surface area contributed by atoms with Gasteiger partial charge < -0.3 is 15.0 Å². The van der Waals surface area contributed by atoms with Gasteiger partial charge in [-0.3, -0.25) is 9.89 Å². The van der Waals surface area contributed by atoms with Gasteiger partial charge in [0.2, 0.25) is 0 Å². The molecule has 0 spiro atoms. The van der Waals surface area contributed by atoms with Gasteiger partial charge in [0, 0.05) is 30.8 Å². The Bertz CT molecular complexity index is 1010. The molecule has 1 saturated heterocycles. The van der Waals surface area contributed by atoms with Crippen molar-refractivity contribution in [1.82, 2.24) is 15.5 Å². The average molecular weight is 390 g/mol. The summed E-state index contributed by atoms with van der Waals surface area (Å²) in [5.41, 5.74) is 4.87. The average Bonchev–Trinajstić information content (AvgIpc) is 3.39. The summed E-state index contributed by atoms with van der Waals surface area (Å²) < 4.78 is 5.21. The fourth-order valence-electron chi connectivity index (χ4n) is 3.72. The third-order valence-electron chi connectivity index (χ3n) is 5.45. The number of nitrogens with zero attached hydrogens (tertiary/aromatic N) is 2. The molecule has 29 heavy (non-hydrogen) atoms. The molecule has 150 valence electrons. The Hall–Kier alpha value is -3.28. The zero-order valence-electron chi connectivity index (χ0n) is 17.0. The second-order valence-electron chi connectivity index (χ2n) is 7.59. The number of nitrogens with one attached hydrogen (secondary N) is 2. The van der Waals surface area contributed by atoms with Gasteiger partial charge in [0.05, 0.1) is 12.8 Å². The highest BCUT2D eigenvalue weighted by Crippen LogP contribution is 2.26. The first-order valence-electron chi connectivity index (χ1n) is 9.86. The molecule has 0 radical (unpaired) electrons. The van der Waals surface area contributed by atoms with Crippen LogP contribution in [0.3, 0.4) is 0 Å². The highest BCUT2D eigenvalue weighted by atomic mass is 16.5. The van der Waals surface area contributed by atoms with Crippen LogP contribution < -0.4 is 15.0 Å². The Kier molecular flexibility index (Phi) is 5.25. The number of amides is 1. The second kappa shape index (κ2) is 7.99. The van der Waals surface area contributed by atoms with Gasteiger partial charge in [0.1, 0.15) is 5.75 Å². The first kappa shape index (κ1) is 19.1. The van der Waals surface area contributed by atoms with Crippen LogP contribution >= 0.6 is 0 Å². The van der Waals surface area contributed by atoms with Crippen LogP contribution in [-0.2, 0) is 0 Å². The Morgan fingerprint density at radius 3 is 2.72 bits per heavy atom. The van der Waals surface area contributed by atoms with Crippen LogP contribution in [0.4, 0.5) is 5.82 Å². The van der Waals surface area contributed by atoms with E-state index in [1.807, 2.05) is 56.3 Å². The van der Waals surface area contributed by atoms with E-state index < -0.39 is 0 Å². The van der Waals surface area contributed by atoms with E-state index in [9.17, 15) is 4.79 Å². The third kappa shape index (κ3) is 4.11. The standard InChI is InChI=1S/C23H26N4O2/c1-15-4-5-16(2)20(12-15)23(28)24-18-10-11-27(14-18)22-13-21(25-26-22)17-6-8-19(29-3)9-7-17/h4-9,12-13,18H,10-11,14H2,1-3H3,(H,24,28)(H,25,26). The van der Waals surface area contributed by atoms with Crippen LogP contribution in [0.2, 0.25) is 0 Å². The van der Waals surface area contributed by atoms with Crippen molar-refractivity contribution in [2.24, 2.45) is 0 Å². The van der Waals surface area contributed by atoms with Gasteiger partial charge in [-0.2, -0.15) is 5.10 Å². The van der Waals surface area contributed by atoms with Crippen molar-refractivity contribution in [3.8, 4) is 17.0 Å². The van der Waals surface area contributed by atoms with Crippen molar-refractivity contribution in [1.29, 1.82) is 0 Å². The molecule has 2 N–H and O–H groups in total. The number of hydrogen-bond donors (Lipinski definition) is 2. The Labute approximate surface area is 170 Å². The number of aromatic nitrogens is 2. The number of carbonyl (C=O) groups is 1. The van der Waals surface area contributed by atoms with Gasteiger partial charge in [-0.05, 0) is 61.7 Å². The number of anilines is 1. The maximum atomic E-state index is 12.7. The van der Waals surface area contributed by atoms with Crippen molar-refractivity contribution in [2.75, 3.05) is 25.1 Å². The third-order valence-corrected chi connectivity index (χ3v) is 5.45. The van der Waals surface area contributed by atoms with E-state index >= 15 is 0 Å². The zero-order chi connectivity index (χ0) is 20.4. The molecule has 1 unspecified atom stereocenters. The van der Waals surface area contributed by atoms with Crippen molar-refractivity contribution in [3.05, 3.63) is 65.2 Å². The molecule has 0 bridgehead atoms. The van der Waals surface area contributed by atoms with E-state index in [-0.39, 0.29) is 11.9 Å². The van der Waals surface area contributed by atoms with Crippen LogP contribution in [0.15, 0.2) is 48.5 Å². The Balaban J connectivity index is 1.40. The van der Waals surface area contributed by atoms with E-state index in [4.69, 9.17) is 4.74 Å². The maximum absolute atomic E-state index is 12.7. The van der Waals surface area contributed by atoms with Crippen molar-refractivity contribution < 1.29 is 9.53 Å². The van der Waals surface area contributed by atoms with Gasteiger partial charge in [0.15, 0.2) is 5.82 Å². The van der Waals surface area contributed by atoms with Crippen LogP contribution in [0.5, 0.6) is 5.75 Å². The molecule has 2 heterocycles. The van der Waals surface area contributed by atoms with Gasteiger partial charge >= 0.3 is 0 Å². The summed E-state index contributed by atoms with van der Waals surface area (Å²) in [5, 5.41) is 10.8. The smallest absolute Gasteiger partial charge is 0.251 e. The molecule has 3 aromatic rings. The molecule has 1 atom stereocenters. The molecule has 4 rings (SSSR count). The minimum atomic E-state index is -0.000926. The van der Waals surface area contributed by atoms with E-state index in [2.05, 4.69) is 26.5 Å².